The number of nitrogens with zero attached hydrogens (tertiary/aromatic N) is 1. The first-order chi connectivity index (χ1) is 9.81. The van der Waals surface area contributed by atoms with Crippen LogP contribution < -0.4 is 5.32 Å². The maximum atomic E-state index is 12.1. The summed E-state index contributed by atoms with van der Waals surface area (Å²) in [4.78, 5) is 16.5. The number of benzene rings is 1. The third-order valence-electron chi connectivity index (χ3n) is 4.56. The van der Waals surface area contributed by atoms with Crippen molar-refractivity contribution in [2.24, 2.45) is 0 Å². The normalized spacial score (nSPS) is 22.6. The maximum absolute atomic E-state index is 12.1. The van der Waals surface area contributed by atoms with Gasteiger partial charge < -0.3 is 5.32 Å². The van der Waals surface area contributed by atoms with Gasteiger partial charge in [-0.05, 0) is 60.4 Å². The fraction of sp³-hybridized carbons (Fsp3) is 0.294. The van der Waals surface area contributed by atoms with Crippen molar-refractivity contribution in [3.63, 3.8) is 0 Å². The number of carbonyl (C=O) groups is 1. The van der Waals surface area contributed by atoms with Gasteiger partial charge in [-0.3, -0.25) is 4.79 Å². The number of hydrogen-bond donors (Lipinski definition) is 1. The molecule has 0 radical (unpaired) electrons. The van der Waals surface area contributed by atoms with E-state index in [1.807, 2.05) is 36.5 Å². The molecular formula is C17H16N2O. The van der Waals surface area contributed by atoms with Crippen LogP contribution in [0, 0.1) is 0 Å². The summed E-state index contributed by atoms with van der Waals surface area (Å²) in [5.74, 6) is 1.97. The van der Waals surface area contributed by atoms with E-state index in [4.69, 9.17) is 0 Å². The van der Waals surface area contributed by atoms with Gasteiger partial charge >= 0.3 is 0 Å². The van der Waals surface area contributed by atoms with Crippen LogP contribution in [0.4, 0.5) is 5.82 Å². The number of nitrogens with one attached hydrogen (secondary N) is 1. The molecular weight excluding hydrogens is 248 g/mol. The van der Waals surface area contributed by atoms with Crippen LogP contribution in [0.15, 0.2) is 42.6 Å². The van der Waals surface area contributed by atoms with Crippen molar-refractivity contribution in [2.45, 2.75) is 31.1 Å². The number of aromatic nitrogens is 1. The summed E-state index contributed by atoms with van der Waals surface area (Å²) in [5.41, 5.74) is 3.47. The van der Waals surface area contributed by atoms with Gasteiger partial charge in [-0.15, -0.1) is 0 Å². The number of rotatable bonds is 2. The lowest BCUT2D eigenvalue weighted by atomic mass is 9.93. The molecule has 0 aliphatic heterocycles. The molecule has 3 nitrogen and oxygen atoms in total. The molecule has 1 N–H and O–H groups in total. The Kier molecular flexibility index (Phi) is 2.59. The molecule has 4 rings (SSSR count). The second-order valence-electron chi connectivity index (χ2n) is 5.73. The van der Waals surface area contributed by atoms with Crippen molar-refractivity contribution in [3.05, 3.63) is 59.3 Å². The summed E-state index contributed by atoms with van der Waals surface area (Å²) < 4.78 is 0. The Labute approximate surface area is 118 Å². The minimum atomic E-state index is -0.0961. The van der Waals surface area contributed by atoms with E-state index in [-0.39, 0.29) is 5.91 Å². The molecule has 1 amide bonds. The maximum Gasteiger partial charge on any atom is 0.256 e. The zero-order valence-corrected chi connectivity index (χ0v) is 11.2. The Morgan fingerprint density at radius 1 is 1.10 bits per heavy atom. The highest BCUT2D eigenvalue weighted by molar-refractivity contribution is 6.03. The first-order valence-electron chi connectivity index (χ1n) is 7.17. The van der Waals surface area contributed by atoms with Gasteiger partial charge in [-0.25, -0.2) is 4.98 Å². The largest absolute Gasteiger partial charge is 0.307 e. The van der Waals surface area contributed by atoms with Crippen LogP contribution >= 0.6 is 0 Å². The molecule has 1 aromatic carbocycles. The number of fused-ring (bicyclic) bond motifs is 5. The van der Waals surface area contributed by atoms with Crippen LogP contribution in [0.25, 0.3) is 0 Å². The van der Waals surface area contributed by atoms with Gasteiger partial charge in [-0.2, -0.15) is 0 Å². The van der Waals surface area contributed by atoms with E-state index < -0.39 is 0 Å². The van der Waals surface area contributed by atoms with Crippen LogP contribution in [-0.2, 0) is 0 Å². The first kappa shape index (κ1) is 11.6. The molecule has 2 unspecified atom stereocenters. The van der Waals surface area contributed by atoms with E-state index in [9.17, 15) is 4.79 Å². The van der Waals surface area contributed by atoms with Gasteiger partial charge in [0, 0.05) is 11.8 Å². The Balaban J connectivity index is 1.59. The lowest BCUT2D eigenvalue weighted by molar-refractivity contribution is 0.102. The van der Waals surface area contributed by atoms with E-state index in [2.05, 4.69) is 16.4 Å². The molecule has 2 atom stereocenters. The average Bonchev–Trinajstić information content (AvgIpc) is 3.10. The molecule has 1 heterocycles. The Hall–Kier alpha value is -2.16. The third-order valence-corrected chi connectivity index (χ3v) is 4.56. The molecule has 20 heavy (non-hydrogen) atoms. The van der Waals surface area contributed by atoms with Crippen molar-refractivity contribution < 1.29 is 4.79 Å². The molecule has 2 aromatic rings. The molecule has 1 fully saturated rings. The van der Waals surface area contributed by atoms with Gasteiger partial charge in [0.2, 0.25) is 0 Å². The van der Waals surface area contributed by atoms with Crippen molar-refractivity contribution in [2.75, 3.05) is 5.32 Å². The van der Waals surface area contributed by atoms with E-state index in [0.717, 1.165) is 0 Å². The molecule has 2 aliphatic carbocycles. The van der Waals surface area contributed by atoms with E-state index in [0.29, 0.717) is 23.2 Å². The second kappa shape index (κ2) is 4.44. The highest BCUT2D eigenvalue weighted by atomic mass is 16.1. The lowest BCUT2D eigenvalue weighted by Gasteiger charge is -2.15. The highest BCUT2D eigenvalue weighted by Crippen LogP contribution is 2.53. The minimum absolute atomic E-state index is 0.0961. The third kappa shape index (κ3) is 1.82. The van der Waals surface area contributed by atoms with Crippen LogP contribution in [0.3, 0.4) is 0 Å². The predicted octanol–water partition coefficient (Wildman–Crippen LogP) is 3.70. The number of pyridine rings is 1. The standard InChI is InChI=1S/C17H16N2O/c20-17(11-4-2-1-3-5-11)19-16-9-14-12-6-7-13(8-12)15(14)10-18-16/h1-5,9-10,12-13H,6-8H2,(H,18,19,20). The van der Waals surface area contributed by atoms with Crippen molar-refractivity contribution in [3.8, 4) is 0 Å². The number of carbonyl (C=O) groups excluding carboxylic acids is 1. The topological polar surface area (TPSA) is 42.0 Å². The molecule has 3 heteroatoms. The number of amides is 1. The lowest BCUT2D eigenvalue weighted by Crippen LogP contribution is -2.13. The van der Waals surface area contributed by atoms with Gasteiger partial charge in [0.15, 0.2) is 0 Å². The predicted molar refractivity (Wildman–Crippen MR) is 78.0 cm³/mol. The van der Waals surface area contributed by atoms with Crippen LogP contribution in [-0.4, -0.2) is 10.9 Å². The Morgan fingerprint density at radius 3 is 2.65 bits per heavy atom. The van der Waals surface area contributed by atoms with Crippen LogP contribution in [0.2, 0.25) is 0 Å². The molecule has 1 aromatic heterocycles. The smallest absolute Gasteiger partial charge is 0.256 e. The summed E-state index contributed by atoms with van der Waals surface area (Å²) in [7, 11) is 0. The summed E-state index contributed by atoms with van der Waals surface area (Å²) in [5, 5.41) is 2.90. The van der Waals surface area contributed by atoms with Gasteiger partial charge in [0.25, 0.3) is 5.91 Å². The van der Waals surface area contributed by atoms with Crippen molar-refractivity contribution >= 4 is 11.7 Å². The zero-order valence-electron chi connectivity index (χ0n) is 11.2. The second-order valence-corrected chi connectivity index (χ2v) is 5.73. The molecule has 2 bridgehead atoms. The molecule has 1 saturated carbocycles. The monoisotopic (exact) mass is 264 g/mol. The van der Waals surface area contributed by atoms with Crippen LogP contribution in [0.1, 0.15) is 52.6 Å². The summed E-state index contributed by atoms with van der Waals surface area (Å²) in [6.07, 6.45) is 5.82. The average molecular weight is 264 g/mol. The SMILES string of the molecule is O=C(Nc1cc2c(cn1)C1CCC2C1)c1ccccc1. The van der Waals surface area contributed by atoms with E-state index in [1.54, 1.807) is 0 Å². The zero-order chi connectivity index (χ0) is 13.5. The minimum Gasteiger partial charge on any atom is -0.307 e. The van der Waals surface area contributed by atoms with E-state index in [1.165, 1.54) is 30.4 Å². The fourth-order valence-corrected chi connectivity index (χ4v) is 3.57. The Bertz CT molecular complexity index is 666. The van der Waals surface area contributed by atoms with Gasteiger partial charge in [-0.1, -0.05) is 18.2 Å². The van der Waals surface area contributed by atoms with Crippen molar-refractivity contribution in [1.29, 1.82) is 0 Å². The summed E-state index contributed by atoms with van der Waals surface area (Å²) in [6, 6.07) is 11.3. The highest BCUT2D eigenvalue weighted by Gasteiger charge is 2.37. The van der Waals surface area contributed by atoms with Crippen molar-refractivity contribution in [1.82, 2.24) is 4.98 Å². The van der Waals surface area contributed by atoms with Crippen LogP contribution in [0.5, 0.6) is 0 Å². The molecule has 2 aliphatic rings. The quantitative estimate of drug-likeness (QED) is 0.898. The Morgan fingerprint density at radius 2 is 1.85 bits per heavy atom. The summed E-state index contributed by atoms with van der Waals surface area (Å²) in [6.45, 7) is 0. The number of anilines is 1. The molecule has 0 saturated heterocycles. The molecule has 100 valence electrons. The first-order valence-corrected chi connectivity index (χ1v) is 7.17. The van der Waals surface area contributed by atoms with Gasteiger partial charge in [0.1, 0.15) is 5.82 Å². The molecule has 0 spiro atoms. The van der Waals surface area contributed by atoms with E-state index >= 15 is 0 Å². The fourth-order valence-electron chi connectivity index (χ4n) is 3.57. The van der Waals surface area contributed by atoms with Gasteiger partial charge in [0.05, 0.1) is 0 Å². The number of hydrogen-bond acceptors (Lipinski definition) is 2. The summed E-state index contributed by atoms with van der Waals surface area (Å²) >= 11 is 0.